The second-order valence-corrected chi connectivity index (χ2v) is 11.8. The average Bonchev–Trinajstić information content (AvgIpc) is 3.06. The van der Waals surface area contributed by atoms with Gasteiger partial charge in [0.15, 0.2) is 0 Å². The number of nitrogens with one attached hydrogen (secondary N) is 1. The fourth-order valence-corrected chi connectivity index (χ4v) is 8.08. The van der Waals surface area contributed by atoms with Crippen LogP contribution in [0, 0.1) is 42.8 Å². The molecule has 0 spiro atoms. The van der Waals surface area contributed by atoms with Gasteiger partial charge in [-0.3, -0.25) is 9.59 Å². The average molecular weight is 491 g/mol. The lowest BCUT2D eigenvalue weighted by molar-refractivity contribution is -0.126. The molecule has 0 aliphatic heterocycles. The number of carbonyl (C=O) groups excluding carboxylic acids is 1. The molecule has 7 rings (SSSR count). The molecule has 0 radical (unpaired) electrons. The first-order valence-electron chi connectivity index (χ1n) is 13.3. The molecule has 1 amide bonds. The topological polar surface area (TPSA) is 68.9 Å². The molecule has 4 fully saturated rings. The summed E-state index contributed by atoms with van der Waals surface area (Å²) in [4.78, 5) is 26.5. The smallest absolute Gasteiger partial charge is 0.276 e. The number of nitrogens with zero attached hydrogens (tertiary/aromatic N) is 3. The molecule has 2 aromatic heterocycles. The van der Waals surface area contributed by atoms with E-state index in [1.54, 1.807) is 18.3 Å². The number of rotatable bonds is 6. The summed E-state index contributed by atoms with van der Waals surface area (Å²) in [5.41, 5.74) is 2.12. The Labute approximate surface area is 210 Å². The fourth-order valence-electron chi connectivity index (χ4n) is 8.08. The highest BCUT2D eigenvalue weighted by molar-refractivity contribution is 5.87. The maximum Gasteiger partial charge on any atom is 0.276 e. The van der Waals surface area contributed by atoms with Crippen molar-refractivity contribution in [2.45, 2.75) is 78.4 Å². The van der Waals surface area contributed by atoms with Crippen LogP contribution in [-0.4, -0.2) is 26.3 Å². The molecular formula is C29H35FN4O2. The summed E-state index contributed by atoms with van der Waals surface area (Å²) in [6, 6.07) is 6.78. The summed E-state index contributed by atoms with van der Waals surface area (Å²) in [5, 5.41) is 8.87. The third-order valence-corrected chi connectivity index (χ3v) is 9.57. The third-order valence-electron chi connectivity index (χ3n) is 9.57. The van der Waals surface area contributed by atoms with Crippen molar-refractivity contribution >= 4 is 16.7 Å². The highest BCUT2D eigenvalue weighted by atomic mass is 19.1. The van der Waals surface area contributed by atoms with Crippen LogP contribution in [0.4, 0.5) is 4.39 Å². The molecule has 4 saturated carbocycles. The molecule has 4 bridgehead atoms. The van der Waals surface area contributed by atoms with Gasteiger partial charge in [0.1, 0.15) is 12.4 Å². The van der Waals surface area contributed by atoms with Crippen molar-refractivity contribution in [1.82, 2.24) is 19.7 Å². The molecular weight excluding hydrogens is 455 g/mol. The zero-order chi connectivity index (χ0) is 25.2. The van der Waals surface area contributed by atoms with Crippen LogP contribution in [0.5, 0.6) is 0 Å². The number of halogens is 1. The SMILES string of the molecule is Cc1c2cnn(CC(=O)NC(C)C34CC5CC(CC(C5)C3)C4)c(=O)c2c(C)n1Cc1ccccc1F. The molecule has 4 aliphatic carbocycles. The molecule has 1 atom stereocenters. The van der Waals surface area contributed by atoms with E-state index in [1.807, 2.05) is 24.5 Å². The predicted molar refractivity (Wildman–Crippen MR) is 137 cm³/mol. The van der Waals surface area contributed by atoms with Gasteiger partial charge in [-0.25, -0.2) is 9.07 Å². The number of hydrogen-bond donors (Lipinski definition) is 1. The third kappa shape index (κ3) is 3.78. The number of aryl methyl sites for hydroxylation is 2. The Hall–Kier alpha value is -2.96. The summed E-state index contributed by atoms with van der Waals surface area (Å²) < 4.78 is 17.5. The van der Waals surface area contributed by atoms with Crippen LogP contribution in [0.25, 0.3) is 10.8 Å². The summed E-state index contributed by atoms with van der Waals surface area (Å²) in [7, 11) is 0. The summed E-state index contributed by atoms with van der Waals surface area (Å²) in [5.74, 6) is 2.03. The van der Waals surface area contributed by atoms with E-state index in [9.17, 15) is 14.0 Å². The van der Waals surface area contributed by atoms with Gasteiger partial charge >= 0.3 is 0 Å². The van der Waals surface area contributed by atoms with Gasteiger partial charge in [0.2, 0.25) is 5.91 Å². The van der Waals surface area contributed by atoms with Crippen molar-refractivity contribution in [3.05, 3.63) is 63.6 Å². The van der Waals surface area contributed by atoms with Crippen LogP contribution in [0.1, 0.15) is 62.4 Å². The minimum Gasteiger partial charge on any atom is -0.351 e. The van der Waals surface area contributed by atoms with E-state index in [2.05, 4.69) is 17.3 Å². The maximum atomic E-state index is 14.3. The van der Waals surface area contributed by atoms with E-state index in [0.717, 1.165) is 34.5 Å². The molecule has 3 aromatic rings. The minimum atomic E-state index is -0.280. The van der Waals surface area contributed by atoms with Gasteiger partial charge in [-0.15, -0.1) is 0 Å². The molecule has 1 aromatic carbocycles. The highest BCUT2D eigenvalue weighted by Gasteiger charge is 2.53. The second kappa shape index (κ2) is 8.56. The lowest BCUT2D eigenvalue weighted by Crippen LogP contribution is -2.56. The Balaban J connectivity index is 1.22. The molecule has 1 N–H and O–H groups in total. The van der Waals surface area contributed by atoms with Gasteiger partial charge in [0.05, 0.1) is 18.1 Å². The number of aromatic nitrogens is 3. The number of benzene rings is 1. The number of fused-ring (bicyclic) bond motifs is 1. The standard InChI is InChI=1S/C29H35FN4O2/c1-17-24-14-31-34(28(36)27(24)18(2)33(17)15-23-6-4-5-7-25(23)30)16-26(35)32-19(3)29-11-20-8-21(12-29)10-22(9-20)13-29/h4-7,14,19-22H,8-13,15-16H2,1-3H3,(H,32,35). The first-order chi connectivity index (χ1) is 17.2. The van der Waals surface area contributed by atoms with Crippen molar-refractivity contribution in [3.63, 3.8) is 0 Å². The van der Waals surface area contributed by atoms with Crippen LogP contribution in [0.3, 0.4) is 0 Å². The van der Waals surface area contributed by atoms with Gasteiger partial charge < -0.3 is 9.88 Å². The summed E-state index contributed by atoms with van der Waals surface area (Å²) in [6.45, 7) is 6.18. The highest BCUT2D eigenvalue weighted by Crippen LogP contribution is 2.61. The Kier molecular flexibility index (Phi) is 5.58. The molecule has 2 heterocycles. The molecule has 6 nitrogen and oxygen atoms in total. The van der Waals surface area contributed by atoms with Crippen molar-refractivity contribution in [2.75, 3.05) is 0 Å². The molecule has 190 valence electrons. The zero-order valence-corrected chi connectivity index (χ0v) is 21.4. The van der Waals surface area contributed by atoms with Gasteiger partial charge in [0.25, 0.3) is 5.56 Å². The van der Waals surface area contributed by atoms with Crippen molar-refractivity contribution < 1.29 is 9.18 Å². The summed E-state index contributed by atoms with van der Waals surface area (Å²) >= 11 is 0. The van der Waals surface area contributed by atoms with Crippen LogP contribution >= 0.6 is 0 Å². The van der Waals surface area contributed by atoms with Crippen molar-refractivity contribution in [1.29, 1.82) is 0 Å². The van der Waals surface area contributed by atoms with E-state index >= 15 is 0 Å². The molecule has 4 aliphatic rings. The number of carbonyl (C=O) groups is 1. The van der Waals surface area contributed by atoms with E-state index in [1.165, 1.54) is 49.3 Å². The van der Waals surface area contributed by atoms with Crippen molar-refractivity contribution in [2.24, 2.45) is 23.2 Å². The van der Waals surface area contributed by atoms with Crippen LogP contribution in [0.2, 0.25) is 0 Å². The van der Waals surface area contributed by atoms with Gasteiger partial charge in [-0.1, -0.05) is 18.2 Å². The quantitative estimate of drug-likeness (QED) is 0.544. The van der Waals surface area contributed by atoms with Gasteiger partial charge in [0, 0.05) is 28.4 Å². The monoisotopic (exact) mass is 490 g/mol. The molecule has 1 unspecified atom stereocenters. The number of amides is 1. The van der Waals surface area contributed by atoms with Gasteiger partial charge in [-0.05, 0) is 88.5 Å². The lowest BCUT2D eigenvalue weighted by atomic mass is 9.48. The van der Waals surface area contributed by atoms with Crippen LogP contribution < -0.4 is 10.9 Å². The summed E-state index contributed by atoms with van der Waals surface area (Å²) in [6.07, 6.45) is 9.43. The normalized spacial score (nSPS) is 27.5. The Morgan fingerprint density at radius 2 is 1.75 bits per heavy atom. The minimum absolute atomic E-state index is 0.0948. The first-order valence-corrected chi connectivity index (χ1v) is 13.3. The van der Waals surface area contributed by atoms with E-state index in [-0.39, 0.29) is 35.3 Å². The zero-order valence-electron chi connectivity index (χ0n) is 21.4. The lowest BCUT2D eigenvalue weighted by Gasteiger charge is -2.59. The predicted octanol–water partition coefficient (Wildman–Crippen LogP) is 4.72. The Bertz CT molecular complexity index is 1370. The Morgan fingerprint density at radius 1 is 1.11 bits per heavy atom. The Morgan fingerprint density at radius 3 is 2.39 bits per heavy atom. The first kappa shape index (κ1) is 23.4. The van der Waals surface area contributed by atoms with E-state index in [4.69, 9.17) is 0 Å². The van der Waals surface area contributed by atoms with E-state index < -0.39 is 0 Å². The van der Waals surface area contributed by atoms with Crippen LogP contribution in [0.15, 0.2) is 35.3 Å². The van der Waals surface area contributed by atoms with Crippen LogP contribution in [-0.2, 0) is 17.9 Å². The molecule has 7 heteroatoms. The molecule has 36 heavy (non-hydrogen) atoms. The van der Waals surface area contributed by atoms with E-state index in [0.29, 0.717) is 17.5 Å². The largest absolute Gasteiger partial charge is 0.351 e. The van der Waals surface area contributed by atoms with Crippen molar-refractivity contribution in [3.8, 4) is 0 Å². The fraction of sp³-hybridized carbons (Fsp3) is 0.552. The molecule has 0 saturated heterocycles. The van der Waals surface area contributed by atoms with Gasteiger partial charge in [-0.2, -0.15) is 5.10 Å². The maximum absolute atomic E-state index is 14.3. The number of hydrogen-bond acceptors (Lipinski definition) is 3. The second-order valence-electron chi connectivity index (χ2n) is 11.8.